The minimum atomic E-state index is -1.06. The fourth-order valence-corrected chi connectivity index (χ4v) is 5.16. The number of carbonyl (C=O) groups excluding carboxylic acids is 2. The molecule has 5 heteroatoms. The molecule has 0 saturated heterocycles. The Hall–Kier alpha value is -3.99. The molecule has 34 heavy (non-hydrogen) atoms. The maximum absolute atomic E-state index is 13.6. The van der Waals surface area contributed by atoms with E-state index in [9.17, 15) is 19.5 Å². The number of hydrogen-bond donors (Lipinski definition) is 1. The van der Waals surface area contributed by atoms with Gasteiger partial charge in [0.05, 0.1) is 5.56 Å². The van der Waals surface area contributed by atoms with Gasteiger partial charge in [-0.1, -0.05) is 66.2 Å². The smallest absolute Gasteiger partial charge is 0.335 e. The first kappa shape index (κ1) is 21.8. The highest BCUT2D eigenvalue weighted by Gasteiger charge is 2.42. The van der Waals surface area contributed by atoms with Gasteiger partial charge in [0, 0.05) is 35.7 Å². The molecule has 3 aromatic rings. The zero-order valence-electron chi connectivity index (χ0n) is 18.9. The van der Waals surface area contributed by atoms with Crippen LogP contribution in [0.5, 0.6) is 0 Å². The number of aryl methyl sites for hydroxylation is 1. The number of carboxylic acid groups (broad SMARTS) is 1. The second-order valence-electron chi connectivity index (χ2n) is 9.05. The van der Waals surface area contributed by atoms with Crippen LogP contribution in [-0.2, 0) is 9.59 Å². The highest BCUT2D eigenvalue weighted by Crippen LogP contribution is 2.47. The van der Waals surface area contributed by atoms with E-state index in [1.165, 1.54) is 12.1 Å². The Labute approximate surface area is 198 Å². The Kier molecular flexibility index (Phi) is 5.62. The quantitative estimate of drug-likeness (QED) is 0.559. The molecule has 1 aliphatic heterocycles. The zero-order chi connectivity index (χ0) is 23.8. The van der Waals surface area contributed by atoms with Gasteiger partial charge in [-0.2, -0.15) is 0 Å². The first-order chi connectivity index (χ1) is 16.4. The van der Waals surface area contributed by atoms with Crippen molar-refractivity contribution in [2.75, 3.05) is 4.90 Å². The van der Waals surface area contributed by atoms with E-state index in [0.717, 1.165) is 16.7 Å². The number of aromatic carboxylic acids is 1. The maximum Gasteiger partial charge on any atom is 0.335 e. The molecule has 0 spiro atoms. The standard InChI is InChI=1S/C29H25NO4/c1-18-10-12-20(13-11-18)24-17-27(32)30(23-9-5-8-21(14-23)29(33)34)25-15-22(16-26(31)28(24)25)19-6-3-2-4-7-19/h2-14,22,24H,15-17H2,1H3,(H,33,34). The van der Waals surface area contributed by atoms with Gasteiger partial charge < -0.3 is 5.11 Å². The molecule has 1 aliphatic carbocycles. The van der Waals surface area contributed by atoms with Crippen molar-refractivity contribution in [3.63, 3.8) is 0 Å². The number of carboxylic acids is 1. The number of rotatable bonds is 4. The molecule has 1 heterocycles. The minimum absolute atomic E-state index is 0.0397. The summed E-state index contributed by atoms with van der Waals surface area (Å²) in [7, 11) is 0. The van der Waals surface area contributed by atoms with Crippen molar-refractivity contribution >= 4 is 23.3 Å². The van der Waals surface area contributed by atoms with E-state index in [1.54, 1.807) is 17.0 Å². The summed E-state index contributed by atoms with van der Waals surface area (Å²) in [6.45, 7) is 2.01. The summed E-state index contributed by atoms with van der Waals surface area (Å²) < 4.78 is 0. The average Bonchev–Trinajstić information content (AvgIpc) is 2.84. The highest BCUT2D eigenvalue weighted by molar-refractivity contribution is 6.08. The molecule has 170 valence electrons. The minimum Gasteiger partial charge on any atom is -0.478 e. The molecule has 0 saturated carbocycles. The van der Waals surface area contributed by atoms with Crippen LogP contribution in [0.3, 0.4) is 0 Å². The number of nitrogens with zero attached hydrogens (tertiary/aromatic N) is 1. The lowest BCUT2D eigenvalue weighted by atomic mass is 9.72. The number of amides is 1. The third kappa shape index (κ3) is 3.94. The van der Waals surface area contributed by atoms with Crippen molar-refractivity contribution < 1.29 is 19.5 Å². The van der Waals surface area contributed by atoms with Gasteiger partial charge in [-0.05, 0) is 48.6 Å². The normalized spacial score (nSPS) is 20.3. The third-order valence-corrected chi connectivity index (χ3v) is 6.83. The van der Waals surface area contributed by atoms with Crippen molar-refractivity contribution in [2.24, 2.45) is 0 Å². The summed E-state index contributed by atoms with van der Waals surface area (Å²) >= 11 is 0. The molecule has 5 rings (SSSR count). The number of carbonyl (C=O) groups is 3. The van der Waals surface area contributed by atoms with E-state index < -0.39 is 5.97 Å². The molecule has 1 N–H and O–H groups in total. The van der Waals surface area contributed by atoms with Crippen LogP contribution in [0.15, 0.2) is 90.1 Å². The van der Waals surface area contributed by atoms with Crippen LogP contribution in [0, 0.1) is 6.92 Å². The molecule has 2 aliphatic rings. The lowest BCUT2D eigenvalue weighted by molar-refractivity contribution is -0.120. The molecule has 2 atom stereocenters. The number of Topliss-reactive ketones (excluding diaryl/α,β-unsaturated/α-hetero) is 1. The predicted molar refractivity (Wildman–Crippen MR) is 130 cm³/mol. The van der Waals surface area contributed by atoms with Crippen LogP contribution in [0.25, 0.3) is 0 Å². The zero-order valence-corrected chi connectivity index (χ0v) is 18.9. The molecule has 0 bridgehead atoms. The summed E-state index contributed by atoms with van der Waals surface area (Å²) in [6, 6.07) is 24.3. The van der Waals surface area contributed by atoms with Crippen molar-refractivity contribution in [2.45, 2.75) is 38.0 Å². The van der Waals surface area contributed by atoms with Crippen molar-refractivity contribution in [1.82, 2.24) is 0 Å². The molecule has 0 radical (unpaired) electrons. The highest BCUT2D eigenvalue weighted by atomic mass is 16.4. The first-order valence-corrected chi connectivity index (χ1v) is 11.5. The second kappa shape index (κ2) is 8.75. The summed E-state index contributed by atoms with van der Waals surface area (Å²) in [6.07, 6.45) is 1.10. The summed E-state index contributed by atoms with van der Waals surface area (Å²) in [5.74, 6) is -1.48. The molecule has 0 aromatic heterocycles. The van der Waals surface area contributed by atoms with Gasteiger partial charge in [0.1, 0.15) is 0 Å². The van der Waals surface area contributed by atoms with Gasteiger partial charge in [-0.25, -0.2) is 4.79 Å². The number of benzene rings is 3. The van der Waals surface area contributed by atoms with Crippen LogP contribution < -0.4 is 4.90 Å². The van der Waals surface area contributed by atoms with Crippen LogP contribution in [-0.4, -0.2) is 22.8 Å². The Morgan fingerprint density at radius 3 is 2.29 bits per heavy atom. The van der Waals surface area contributed by atoms with Gasteiger partial charge in [-0.3, -0.25) is 14.5 Å². The Balaban J connectivity index is 1.66. The number of ketones is 1. The lowest BCUT2D eigenvalue weighted by Gasteiger charge is -2.40. The third-order valence-electron chi connectivity index (χ3n) is 6.83. The van der Waals surface area contributed by atoms with Crippen molar-refractivity contribution in [1.29, 1.82) is 0 Å². The van der Waals surface area contributed by atoms with E-state index in [2.05, 4.69) is 0 Å². The number of allylic oxidation sites excluding steroid dienone is 2. The summed E-state index contributed by atoms with van der Waals surface area (Å²) in [4.78, 5) is 40.4. The molecule has 1 amide bonds. The monoisotopic (exact) mass is 451 g/mol. The van der Waals surface area contributed by atoms with Gasteiger partial charge in [0.2, 0.25) is 5.91 Å². The maximum atomic E-state index is 13.6. The Morgan fingerprint density at radius 1 is 0.853 bits per heavy atom. The molecular weight excluding hydrogens is 426 g/mol. The number of anilines is 1. The number of hydrogen-bond acceptors (Lipinski definition) is 3. The van der Waals surface area contributed by atoms with Gasteiger partial charge in [-0.15, -0.1) is 0 Å². The van der Waals surface area contributed by atoms with Crippen LogP contribution in [0.4, 0.5) is 5.69 Å². The summed E-state index contributed by atoms with van der Waals surface area (Å²) in [5.41, 5.74) is 5.09. The molecule has 2 unspecified atom stereocenters. The topological polar surface area (TPSA) is 74.7 Å². The fourth-order valence-electron chi connectivity index (χ4n) is 5.16. The van der Waals surface area contributed by atoms with E-state index in [1.807, 2.05) is 61.5 Å². The van der Waals surface area contributed by atoms with Gasteiger partial charge >= 0.3 is 5.97 Å². The van der Waals surface area contributed by atoms with Crippen LogP contribution >= 0.6 is 0 Å². The van der Waals surface area contributed by atoms with E-state index in [0.29, 0.717) is 29.8 Å². The van der Waals surface area contributed by atoms with Crippen molar-refractivity contribution in [3.05, 3.63) is 112 Å². The molecule has 5 nitrogen and oxygen atoms in total. The van der Waals surface area contributed by atoms with E-state index in [4.69, 9.17) is 0 Å². The summed E-state index contributed by atoms with van der Waals surface area (Å²) in [5, 5.41) is 9.48. The SMILES string of the molecule is Cc1ccc(C2CC(=O)N(c3cccc(C(=O)O)c3)C3=C2C(=O)CC(c2ccccc2)C3)cc1. The van der Waals surface area contributed by atoms with Crippen LogP contribution in [0.1, 0.15) is 58.1 Å². The molecule has 3 aromatic carbocycles. The molecular formula is C29H25NO4. The largest absolute Gasteiger partial charge is 0.478 e. The first-order valence-electron chi connectivity index (χ1n) is 11.5. The van der Waals surface area contributed by atoms with E-state index in [-0.39, 0.29) is 35.5 Å². The van der Waals surface area contributed by atoms with Crippen LogP contribution in [0.2, 0.25) is 0 Å². The predicted octanol–water partition coefficient (Wildman–Crippen LogP) is 5.61. The van der Waals surface area contributed by atoms with Crippen molar-refractivity contribution in [3.8, 4) is 0 Å². The second-order valence-corrected chi connectivity index (χ2v) is 9.05. The fraction of sp³-hybridized carbons (Fsp3) is 0.207. The van der Waals surface area contributed by atoms with E-state index >= 15 is 0 Å². The molecule has 0 fully saturated rings. The Morgan fingerprint density at radius 2 is 1.59 bits per heavy atom. The van der Waals surface area contributed by atoms with Gasteiger partial charge in [0.15, 0.2) is 5.78 Å². The van der Waals surface area contributed by atoms with Gasteiger partial charge in [0.25, 0.3) is 0 Å². The average molecular weight is 452 g/mol. The lowest BCUT2D eigenvalue weighted by Crippen LogP contribution is -2.41. The Bertz CT molecular complexity index is 1310.